The van der Waals surface area contributed by atoms with Gasteiger partial charge in [0.25, 0.3) is 0 Å². The zero-order valence-electron chi connectivity index (χ0n) is 13.1. The van der Waals surface area contributed by atoms with E-state index in [1.165, 1.54) is 19.3 Å². The molecule has 3 unspecified atom stereocenters. The van der Waals surface area contributed by atoms with Gasteiger partial charge in [-0.1, -0.05) is 40.5 Å². The van der Waals surface area contributed by atoms with Crippen molar-refractivity contribution in [3.05, 3.63) is 0 Å². The van der Waals surface area contributed by atoms with Gasteiger partial charge in [0.05, 0.1) is 5.60 Å². The lowest BCUT2D eigenvalue weighted by molar-refractivity contribution is -0.0952. The molecule has 0 saturated heterocycles. The van der Waals surface area contributed by atoms with Crippen LogP contribution in [-0.4, -0.2) is 18.2 Å². The van der Waals surface area contributed by atoms with Crippen molar-refractivity contribution in [3.8, 4) is 0 Å². The van der Waals surface area contributed by atoms with Gasteiger partial charge >= 0.3 is 0 Å². The van der Waals surface area contributed by atoms with Gasteiger partial charge in [0.2, 0.25) is 0 Å². The first-order valence-electron chi connectivity index (χ1n) is 7.68. The number of hydrogen-bond donors (Lipinski definition) is 1. The fourth-order valence-corrected chi connectivity index (χ4v) is 3.26. The largest absolute Gasteiger partial charge is 0.374 e. The lowest BCUT2D eigenvalue weighted by atomic mass is 9.72. The van der Waals surface area contributed by atoms with Crippen LogP contribution in [0.15, 0.2) is 0 Å². The number of ether oxygens (including phenoxy) is 1. The molecule has 0 aromatic heterocycles. The summed E-state index contributed by atoms with van der Waals surface area (Å²) in [6, 6.07) is 0.194. The summed E-state index contributed by atoms with van der Waals surface area (Å²) in [5, 5.41) is 0. The summed E-state index contributed by atoms with van der Waals surface area (Å²) in [5.41, 5.74) is 6.84. The Hall–Kier alpha value is -0.0800. The maximum Gasteiger partial charge on any atom is 0.0835 e. The van der Waals surface area contributed by atoms with Gasteiger partial charge in [0.15, 0.2) is 0 Å². The first-order valence-corrected chi connectivity index (χ1v) is 7.68. The standard InChI is InChI=1S/C16H33NO/c1-6-18-16(10-7-8-13(2)12-16)14(17)9-11-15(3,4)5/h13-14H,6-12,17H2,1-5H3. The maximum absolute atomic E-state index is 6.51. The normalized spacial score (nSPS) is 31.3. The van der Waals surface area contributed by atoms with E-state index in [9.17, 15) is 0 Å². The van der Waals surface area contributed by atoms with E-state index in [1.807, 2.05) is 0 Å². The second-order valence-corrected chi connectivity index (χ2v) is 7.41. The molecule has 1 saturated carbocycles. The van der Waals surface area contributed by atoms with Crippen molar-refractivity contribution in [3.63, 3.8) is 0 Å². The summed E-state index contributed by atoms with van der Waals surface area (Å²) in [4.78, 5) is 0. The summed E-state index contributed by atoms with van der Waals surface area (Å²) in [5.74, 6) is 0.756. The average molecular weight is 255 g/mol. The first kappa shape index (κ1) is 16.0. The minimum atomic E-state index is -0.0440. The molecule has 0 amide bonds. The van der Waals surface area contributed by atoms with Gasteiger partial charge < -0.3 is 10.5 Å². The molecule has 0 aromatic rings. The molecule has 3 atom stereocenters. The predicted molar refractivity (Wildman–Crippen MR) is 78.7 cm³/mol. The van der Waals surface area contributed by atoms with Crippen LogP contribution in [0.5, 0.6) is 0 Å². The summed E-state index contributed by atoms with van der Waals surface area (Å²) in [6.45, 7) is 12.1. The van der Waals surface area contributed by atoms with Crippen LogP contribution in [0.3, 0.4) is 0 Å². The van der Waals surface area contributed by atoms with Crippen LogP contribution in [0.25, 0.3) is 0 Å². The molecule has 0 aromatic carbocycles. The van der Waals surface area contributed by atoms with E-state index in [0.717, 1.165) is 31.8 Å². The molecule has 0 heterocycles. The smallest absolute Gasteiger partial charge is 0.0835 e. The highest BCUT2D eigenvalue weighted by atomic mass is 16.5. The predicted octanol–water partition coefficient (Wildman–Crippen LogP) is 4.13. The zero-order chi connectivity index (χ0) is 13.8. The van der Waals surface area contributed by atoms with Crippen LogP contribution in [0.1, 0.15) is 73.1 Å². The van der Waals surface area contributed by atoms with Gasteiger partial charge in [0.1, 0.15) is 0 Å². The molecule has 1 fully saturated rings. The van der Waals surface area contributed by atoms with Crippen molar-refractivity contribution < 1.29 is 4.74 Å². The van der Waals surface area contributed by atoms with Gasteiger partial charge in [-0.2, -0.15) is 0 Å². The minimum absolute atomic E-state index is 0.0440. The number of nitrogens with two attached hydrogens (primary N) is 1. The molecule has 108 valence electrons. The average Bonchev–Trinajstić information content (AvgIpc) is 2.25. The van der Waals surface area contributed by atoms with Crippen LogP contribution in [0.2, 0.25) is 0 Å². The molecule has 1 aliphatic rings. The second kappa shape index (κ2) is 6.38. The Balaban J connectivity index is 2.65. The van der Waals surface area contributed by atoms with Crippen LogP contribution in [0.4, 0.5) is 0 Å². The quantitative estimate of drug-likeness (QED) is 0.802. The van der Waals surface area contributed by atoms with E-state index in [0.29, 0.717) is 5.41 Å². The van der Waals surface area contributed by atoms with E-state index < -0.39 is 0 Å². The van der Waals surface area contributed by atoms with Gasteiger partial charge in [-0.3, -0.25) is 0 Å². The molecule has 0 bridgehead atoms. The van der Waals surface area contributed by atoms with Crippen LogP contribution in [-0.2, 0) is 4.74 Å². The van der Waals surface area contributed by atoms with E-state index in [-0.39, 0.29) is 11.6 Å². The van der Waals surface area contributed by atoms with Gasteiger partial charge in [-0.05, 0) is 43.9 Å². The molecule has 18 heavy (non-hydrogen) atoms. The third-order valence-electron chi connectivity index (χ3n) is 4.30. The Bertz CT molecular complexity index is 242. The fourth-order valence-electron chi connectivity index (χ4n) is 3.26. The lowest BCUT2D eigenvalue weighted by Crippen LogP contribution is -2.53. The second-order valence-electron chi connectivity index (χ2n) is 7.41. The lowest BCUT2D eigenvalue weighted by Gasteiger charge is -2.44. The van der Waals surface area contributed by atoms with Crippen molar-refractivity contribution in [2.75, 3.05) is 6.61 Å². The molecule has 2 heteroatoms. The molecular formula is C16H33NO. The highest BCUT2D eigenvalue weighted by Crippen LogP contribution is 2.39. The van der Waals surface area contributed by atoms with Gasteiger partial charge in [-0.15, -0.1) is 0 Å². The molecule has 0 aliphatic heterocycles. The topological polar surface area (TPSA) is 35.2 Å². The summed E-state index contributed by atoms with van der Waals surface area (Å²) < 4.78 is 6.14. The van der Waals surface area contributed by atoms with Gasteiger partial charge in [0, 0.05) is 12.6 Å². The molecule has 1 aliphatic carbocycles. The first-order chi connectivity index (χ1) is 8.29. The SMILES string of the molecule is CCOC1(C(N)CCC(C)(C)C)CCCC(C)C1. The third kappa shape index (κ3) is 4.55. The molecule has 0 spiro atoms. The van der Waals surface area contributed by atoms with E-state index in [2.05, 4.69) is 34.6 Å². The number of rotatable bonds is 5. The Kier molecular flexibility index (Phi) is 5.67. The van der Waals surface area contributed by atoms with Crippen LogP contribution < -0.4 is 5.73 Å². The van der Waals surface area contributed by atoms with Crippen molar-refractivity contribution in [2.24, 2.45) is 17.1 Å². The van der Waals surface area contributed by atoms with Crippen molar-refractivity contribution >= 4 is 0 Å². The molecular weight excluding hydrogens is 222 g/mol. The Morgan fingerprint density at radius 3 is 2.56 bits per heavy atom. The van der Waals surface area contributed by atoms with Crippen LogP contribution in [0, 0.1) is 11.3 Å². The summed E-state index contributed by atoms with van der Waals surface area (Å²) in [7, 11) is 0. The molecule has 2 N–H and O–H groups in total. The van der Waals surface area contributed by atoms with E-state index in [4.69, 9.17) is 10.5 Å². The number of hydrogen-bond acceptors (Lipinski definition) is 2. The Morgan fingerprint density at radius 1 is 1.39 bits per heavy atom. The molecule has 1 rings (SSSR count). The van der Waals surface area contributed by atoms with Crippen molar-refractivity contribution in [1.82, 2.24) is 0 Å². The Labute approximate surface area is 114 Å². The van der Waals surface area contributed by atoms with Crippen molar-refractivity contribution in [1.29, 1.82) is 0 Å². The summed E-state index contributed by atoms with van der Waals surface area (Å²) in [6.07, 6.45) is 7.15. The minimum Gasteiger partial charge on any atom is -0.374 e. The van der Waals surface area contributed by atoms with E-state index in [1.54, 1.807) is 0 Å². The summed E-state index contributed by atoms with van der Waals surface area (Å²) >= 11 is 0. The molecule has 0 radical (unpaired) electrons. The Morgan fingerprint density at radius 2 is 2.06 bits per heavy atom. The van der Waals surface area contributed by atoms with Crippen LogP contribution >= 0.6 is 0 Å². The zero-order valence-corrected chi connectivity index (χ0v) is 13.1. The molecule has 2 nitrogen and oxygen atoms in total. The fraction of sp³-hybridized carbons (Fsp3) is 1.00. The van der Waals surface area contributed by atoms with Crippen molar-refractivity contribution in [2.45, 2.75) is 84.8 Å². The van der Waals surface area contributed by atoms with E-state index >= 15 is 0 Å². The monoisotopic (exact) mass is 255 g/mol. The highest BCUT2D eigenvalue weighted by molar-refractivity contribution is 4.95. The highest BCUT2D eigenvalue weighted by Gasteiger charge is 2.40. The van der Waals surface area contributed by atoms with Gasteiger partial charge in [-0.25, -0.2) is 0 Å². The third-order valence-corrected chi connectivity index (χ3v) is 4.30. The maximum atomic E-state index is 6.51.